The molecule has 8 aromatic carbocycles. The van der Waals surface area contributed by atoms with Crippen LogP contribution < -0.4 is 0 Å². The molecule has 1 aromatic heterocycles. The summed E-state index contributed by atoms with van der Waals surface area (Å²) in [5.41, 5.74) is 17.4. The van der Waals surface area contributed by atoms with Crippen molar-refractivity contribution in [1.82, 2.24) is 15.0 Å². The quantitative estimate of drug-likeness (QED) is 0.179. The zero-order valence-electron chi connectivity index (χ0n) is 34.1. The third-order valence-corrected chi connectivity index (χ3v) is 13.4. The maximum atomic E-state index is 5.32. The van der Waals surface area contributed by atoms with E-state index < -0.39 is 5.41 Å². The first-order valence-electron chi connectivity index (χ1n) is 21.2. The fourth-order valence-electron chi connectivity index (χ4n) is 10.6. The normalized spacial score (nSPS) is 14.8. The number of fused-ring (bicyclic) bond motifs is 12. The second-order valence-corrected chi connectivity index (χ2v) is 17.1. The molecule has 288 valence electrons. The Hall–Kier alpha value is -7.49. The molecular formula is C58H41N3. The maximum Gasteiger partial charge on any atom is 0.164 e. The largest absolute Gasteiger partial charge is 0.208 e. The van der Waals surface area contributed by atoms with E-state index >= 15 is 0 Å². The Morgan fingerprint density at radius 3 is 1.70 bits per heavy atom. The number of benzene rings is 8. The molecule has 0 atom stereocenters. The first kappa shape index (κ1) is 35.5. The minimum absolute atomic E-state index is 0.198. The average molecular weight is 780 g/mol. The number of aromatic nitrogens is 3. The van der Waals surface area contributed by atoms with Gasteiger partial charge in [-0.25, -0.2) is 15.0 Å². The minimum atomic E-state index is -0.569. The highest BCUT2D eigenvalue weighted by molar-refractivity contribution is 5.99. The Labute approximate surface area is 356 Å². The van der Waals surface area contributed by atoms with Crippen molar-refractivity contribution in [2.75, 3.05) is 0 Å². The van der Waals surface area contributed by atoms with E-state index in [9.17, 15) is 0 Å². The molecule has 1 spiro atoms. The first-order valence-corrected chi connectivity index (χ1v) is 21.2. The van der Waals surface area contributed by atoms with Crippen molar-refractivity contribution in [3.05, 3.63) is 239 Å². The van der Waals surface area contributed by atoms with E-state index in [2.05, 4.69) is 178 Å². The predicted octanol–water partition coefficient (Wildman–Crippen LogP) is 13.8. The molecule has 61 heavy (non-hydrogen) atoms. The van der Waals surface area contributed by atoms with Gasteiger partial charge in [0.15, 0.2) is 17.5 Å². The Bertz CT molecular complexity index is 3190. The molecule has 0 aliphatic heterocycles. The van der Waals surface area contributed by atoms with Gasteiger partial charge >= 0.3 is 0 Å². The van der Waals surface area contributed by atoms with E-state index in [1.165, 1.54) is 72.0 Å². The number of hydrogen-bond acceptors (Lipinski definition) is 3. The molecule has 12 rings (SSSR count). The summed E-state index contributed by atoms with van der Waals surface area (Å²) < 4.78 is 0. The standard InChI is InChI=1S/C58H41N3/c1-57(2)48-24-12-14-26-50(48)58(51-27-15-13-25-49(51)57)47-34-32-41(40-31-33-44-42(35-40)30-29-37-17-6-5-11-22-43(37)44)36-46(47)53-45(23-16-28-52(53)58)56-60-54(38-18-7-3-8-19-38)59-55(61-56)39-20-9-4-10-21-39/h3-16,18-36H,17H2,1-2H3. The molecule has 0 saturated heterocycles. The Kier molecular flexibility index (Phi) is 7.86. The van der Waals surface area contributed by atoms with E-state index in [1.807, 2.05) is 36.4 Å². The third-order valence-electron chi connectivity index (χ3n) is 13.4. The minimum Gasteiger partial charge on any atom is -0.208 e. The summed E-state index contributed by atoms with van der Waals surface area (Å²) in [5, 5.41) is 2.52. The Balaban J connectivity index is 1.15. The molecule has 0 unspecified atom stereocenters. The summed E-state index contributed by atoms with van der Waals surface area (Å²) in [7, 11) is 0. The van der Waals surface area contributed by atoms with Crippen LogP contribution in [-0.4, -0.2) is 15.0 Å². The van der Waals surface area contributed by atoms with Crippen LogP contribution in [-0.2, 0) is 17.3 Å². The lowest BCUT2D eigenvalue weighted by atomic mass is 9.55. The number of rotatable bonds is 4. The summed E-state index contributed by atoms with van der Waals surface area (Å²) >= 11 is 0. The second kappa shape index (κ2) is 13.5. The van der Waals surface area contributed by atoms with Crippen molar-refractivity contribution in [3.8, 4) is 56.4 Å². The lowest BCUT2D eigenvalue weighted by Crippen LogP contribution is -2.40. The van der Waals surface area contributed by atoms with Crippen LogP contribution in [0.3, 0.4) is 0 Å². The maximum absolute atomic E-state index is 5.32. The van der Waals surface area contributed by atoms with Gasteiger partial charge in [0.25, 0.3) is 0 Å². The predicted molar refractivity (Wildman–Crippen MR) is 250 cm³/mol. The molecule has 0 radical (unpaired) electrons. The van der Waals surface area contributed by atoms with Gasteiger partial charge < -0.3 is 0 Å². The van der Waals surface area contributed by atoms with Gasteiger partial charge in [-0.2, -0.15) is 0 Å². The van der Waals surface area contributed by atoms with Gasteiger partial charge in [0, 0.05) is 22.1 Å². The van der Waals surface area contributed by atoms with Crippen LogP contribution >= 0.6 is 0 Å². The molecule has 3 nitrogen and oxygen atoms in total. The lowest BCUT2D eigenvalue weighted by molar-refractivity contribution is 0.563. The van der Waals surface area contributed by atoms with Crippen LogP contribution in [0.15, 0.2) is 194 Å². The van der Waals surface area contributed by atoms with Crippen LogP contribution in [0.4, 0.5) is 0 Å². The van der Waals surface area contributed by atoms with Gasteiger partial charge in [0.05, 0.1) is 5.41 Å². The monoisotopic (exact) mass is 779 g/mol. The molecule has 0 fully saturated rings. The smallest absolute Gasteiger partial charge is 0.164 e. The topological polar surface area (TPSA) is 38.7 Å². The van der Waals surface area contributed by atoms with Gasteiger partial charge in [-0.1, -0.05) is 202 Å². The zero-order valence-corrected chi connectivity index (χ0v) is 34.1. The molecule has 0 saturated carbocycles. The van der Waals surface area contributed by atoms with Crippen LogP contribution in [0.1, 0.15) is 58.4 Å². The fraction of sp³-hybridized carbons (Fsp3) is 0.0862. The van der Waals surface area contributed by atoms with Gasteiger partial charge in [0.2, 0.25) is 0 Å². The summed E-state index contributed by atoms with van der Waals surface area (Å²) in [6.07, 6.45) is 9.74. The van der Waals surface area contributed by atoms with Crippen LogP contribution in [0.2, 0.25) is 0 Å². The summed E-state index contributed by atoms with van der Waals surface area (Å²) in [5.74, 6) is 1.96. The van der Waals surface area contributed by atoms with Crippen molar-refractivity contribution in [3.63, 3.8) is 0 Å². The third kappa shape index (κ3) is 5.27. The van der Waals surface area contributed by atoms with E-state index in [4.69, 9.17) is 15.0 Å². The van der Waals surface area contributed by atoms with Crippen molar-refractivity contribution >= 4 is 16.8 Å². The molecule has 9 aromatic rings. The summed E-state index contributed by atoms with van der Waals surface area (Å²) in [4.78, 5) is 15.7. The van der Waals surface area contributed by atoms with Crippen LogP contribution in [0.25, 0.3) is 73.3 Å². The number of hydrogen-bond donors (Lipinski definition) is 0. The molecule has 0 bridgehead atoms. The summed E-state index contributed by atoms with van der Waals surface area (Å²) in [6.45, 7) is 4.75. The SMILES string of the molecule is CC1(C)c2ccccc2C2(c3ccc(-c4ccc5c6c(ccc5c4)CC=CC=C6)cc3-c3c(-c4nc(-c5ccccc5)nc(-c5ccccc5)n4)cccc32)c2ccccc21. The summed E-state index contributed by atoms with van der Waals surface area (Å²) in [6, 6.07) is 64.3. The molecular weight excluding hydrogens is 739 g/mol. The van der Waals surface area contributed by atoms with Gasteiger partial charge in [0.1, 0.15) is 0 Å². The van der Waals surface area contributed by atoms with Gasteiger partial charge in [-0.05, 0) is 96.1 Å². The highest BCUT2D eigenvalue weighted by atomic mass is 15.0. The van der Waals surface area contributed by atoms with Crippen molar-refractivity contribution in [1.29, 1.82) is 0 Å². The number of allylic oxidation sites excluding steroid dienone is 3. The van der Waals surface area contributed by atoms with E-state index in [0.717, 1.165) is 28.7 Å². The van der Waals surface area contributed by atoms with Gasteiger partial charge in [-0.3, -0.25) is 0 Å². The highest BCUT2D eigenvalue weighted by Gasteiger charge is 2.53. The molecule has 3 heteroatoms. The van der Waals surface area contributed by atoms with Crippen molar-refractivity contribution in [2.45, 2.75) is 31.1 Å². The van der Waals surface area contributed by atoms with Crippen molar-refractivity contribution < 1.29 is 0 Å². The van der Waals surface area contributed by atoms with Crippen LogP contribution in [0.5, 0.6) is 0 Å². The fourth-order valence-corrected chi connectivity index (χ4v) is 10.6. The second-order valence-electron chi connectivity index (χ2n) is 17.1. The number of nitrogens with zero attached hydrogens (tertiary/aromatic N) is 3. The molecule has 3 aliphatic rings. The van der Waals surface area contributed by atoms with E-state index in [0.29, 0.717) is 17.5 Å². The van der Waals surface area contributed by atoms with Gasteiger partial charge in [-0.15, -0.1) is 0 Å². The molecule has 3 aliphatic carbocycles. The molecule has 0 amide bonds. The molecule has 1 heterocycles. The lowest BCUT2D eigenvalue weighted by Gasteiger charge is -2.46. The van der Waals surface area contributed by atoms with Crippen LogP contribution in [0, 0.1) is 0 Å². The molecule has 0 N–H and O–H groups in total. The first-order chi connectivity index (χ1) is 30.0. The zero-order chi connectivity index (χ0) is 40.7. The Morgan fingerprint density at radius 2 is 1.02 bits per heavy atom. The van der Waals surface area contributed by atoms with E-state index in [-0.39, 0.29) is 5.41 Å². The van der Waals surface area contributed by atoms with E-state index in [1.54, 1.807) is 0 Å². The Morgan fingerprint density at radius 1 is 0.426 bits per heavy atom. The van der Waals surface area contributed by atoms with Crippen molar-refractivity contribution in [2.24, 2.45) is 0 Å². The average Bonchev–Trinajstić information content (AvgIpc) is 3.41. The highest BCUT2D eigenvalue weighted by Crippen LogP contribution is 2.63.